The number of imidazole rings is 1. The minimum absolute atomic E-state index is 0.110. The SMILES string of the molecule is COCCOC[C@H]1O[C@@H](n2cnc3c(=O)[nH]cnc32)[C@H](O)[C@@H]1O. The topological polar surface area (TPSA) is 132 Å². The van der Waals surface area contributed by atoms with Gasteiger partial charge in [0.1, 0.15) is 18.3 Å². The number of fused-ring (bicyclic) bond motifs is 1. The first kappa shape index (κ1) is 16.0. The van der Waals surface area contributed by atoms with E-state index >= 15 is 0 Å². The standard InChI is InChI=1S/C13H18N4O6/c1-21-2-3-22-4-7-9(18)10(19)13(23-7)17-6-16-8-11(17)14-5-15-12(8)20/h5-7,9-10,13,18-19H,2-4H2,1H3,(H,14,15,20)/t7-,9-,10-,13-/m1/s1. The molecule has 0 bridgehead atoms. The summed E-state index contributed by atoms with van der Waals surface area (Å²) in [4.78, 5) is 22.1. The molecule has 1 fully saturated rings. The Morgan fingerprint density at radius 2 is 2.17 bits per heavy atom. The summed E-state index contributed by atoms with van der Waals surface area (Å²) >= 11 is 0. The van der Waals surface area contributed by atoms with Crippen LogP contribution in [0.4, 0.5) is 0 Å². The van der Waals surface area contributed by atoms with E-state index in [0.29, 0.717) is 13.2 Å². The molecule has 3 heterocycles. The second kappa shape index (κ2) is 6.72. The summed E-state index contributed by atoms with van der Waals surface area (Å²) in [5.41, 5.74) is 0.0183. The number of methoxy groups -OCH3 is 1. The van der Waals surface area contributed by atoms with Gasteiger partial charge in [-0.2, -0.15) is 0 Å². The van der Waals surface area contributed by atoms with Crippen molar-refractivity contribution in [3.63, 3.8) is 0 Å². The molecule has 0 radical (unpaired) electrons. The maximum Gasteiger partial charge on any atom is 0.278 e. The molecule has 0 saturated carbocycles. The second-order valence-electron chi connectivity index (χ2n) is 5.17. The number of hydrogen-bond donors (Lipinski definition) is 3. The van der Waals surface area contributed by atoms with Gasteiger partial charge in [-0.05, 0) is 0 Å². The molecule has 0 aliphatic carbocycles. The number of aliphatic hydroxyl groups excluding tert-OH is 2. The molecular weight excluding hydrogens is 308 g/mol. The van der Waals surface area contributed by atoms with Crippen molar-refractivity contribution < 1.29 is 24.4 Å². The summed E-state index contributed by atoms with van der Waals surface area (Å²) in [6, 6.07) is 0. The van der Waals surface area contributed by atoms with Crippen molar-refractivity contribution >= 4 is 11.2 Å². The van der Waals surface area contributed by atoms with E-state index in [9.17, 15) is 15.0 Å². The summed E-state index contributed by atoms with van der Waals surface area (Å²) < 4.78 is 17.3. The zero-order chi connectivity index (χ0) is 16.4. The third-order valence-corrected chi connectivity index (χ3v) is 3.69. The molecule has 0 aromatic carbocycles. The quantitative estimate of drug-likeness (QED) is 0.541. The number of hydrogen-bond acceptors (Lipinski definition) is 8. The lowest BCUT2D eigenvalue weighted by Crippen LogP contribution is -2.34. The molecule has 10 nitrogen and oxygen atoms in total. The first-order valence-electron chi connectivity index (χ1n) is 7.12. The van der Waals surface area contributed by atoms with Gasteiger partial charge in [-0.3, -0.25) is 9.36 Å². The van der Waals surface area contributed by atoms with Crippen LogP contribution in [0.1, 0.15) is 6.23 Å². The van der Waals surface area contributed by atoms with Gasteiger partial charge in [-0.15, -0.1) is 0 Å². The van der Waals surface area contributed by atoms with Crippen LogP contribution in [0.15, 0.2) is 17.4 Å². The molecule has 1 saturated heterocycles. The highest BCUT2D eigenvalue weighted by molar-refractivity contribution is 5.68. The Balaban J connectivity index is 1.77. The number of aromatic nitrogens is 4. The predicted molar refractivity (Wildman–Crippen MR) is 76.8 cm³/mol. The molecule has 4 atom stereocenters. The molecular formula is C13H18N4O6. The first-order chi connectivity index (χ1) is 11.1. The normalized spacial score (nSPS) is 27.8. The van der Waals surface area contributed by atoms with Crippen molar-refractivity contribution in [1.29, 1.82) is 0 Å². The minimum Gasteiger partial charge on any atom is -0.387 e. The maximum atomic E-state index is 11.7. The van der Waals surface area contributed by atoms with Crippen molar-refractivity contribution in [1.82, 2.24) is 19.5 Å². The summed E-state index contributed by atoms with van der Waals surface area (Å²) in [7, 11) is 1.56. The molecule has 23 heavy (non-hydrogen) atoms. The summed E-state index contributed by atoms with van der Waals surface area (Å²) in [6.45, 7) is 0.890. The maximum absolute atomic E-state index is 11.7. The molecule has 3 rings (SSSR count). The fraction of sp³-hybridized carbons (Fsp3) is 0.615. The Labute approximate surface area is 130 Å². The highest BCUT2D eigenvalue weighted by atomic mass is 16.6. The number of ether oxygens (including phenoxy) is 3. The van der Waals surface area contributed by atoms with Crippen LogP contribution in [-0.2, 0) is 14.2 Å². The fourth-order valence-corrected chi connectivity index (χ4v) is 2.49. The lowest BCUT2D eigenvalue weighted by atomic mass is 10.1. The Morgan fingerprint density at radius 3 is 2.96 bits per heavy atom. The van der Waals surface area contributed by atoms with Crippen LogP contribution in [0.3, 0.4) is 0 Å². The van der Waals surface area contributed by atoms with Crippen molar-refractivity contribution in [2.24, 2.45) is 0 Å². The van der Waals surface area contributed by atoms with E-state index in [4.69, 9.17) is 14.2 Å². The second-order valence-corrected chi connectivity index (χ2v) is 5.17. The molecule has 0 amide bonds. The van der Waals surface area contributed by atoms with Crippen molar-refractivity contribution in [2.75, 3.05) is 26.9 Å². The van der Waals surface area contributed by atoms with Gasteiger partial charge in [0.2, 0.25) is 0 Å². The molecule has 1 aliphatic heterocycles. The van der Waals surface area contributed by atoms with Crippen LogP contribution in [0.5, 0.6) is 0 Å². The van der Waals surface area contributed by atoms with Gasteiger partial charge in [0.15, 0.2) is 17.4 Å². The molecule has 3 N–H and O–H groups in total. The Kier molecular flexibility index (Phi) is 4.68. The van der Waals surface area contributed by atoms with E-state index < -0.39 is 24.5 Å². The summed E-state index contributed by atoms with van der Waals surface area (Å²) in [6.07, 6.45) is -1.33. The fourth-order valence-electron chi connectivity index (χ4n) is 2.49. The van der Waals surface area contributed by atoms with Crippen LogP contribution in [0, 0.1) is 0 Å². The van der Waals surface area contributed by atoms with Gasteiger partial charge in [0.05, 0.1) is 32.5 Å². The number of nitrogens with one attached hydrogen (secondary N) is 1. The van der Waals surface area contributed by atoms with E-state index in [2.05, 4.69) is 15.0 Å². The molecule has 1 aliphatic rings. The third kappa shape index (κ3) is 2.99. The van der Waals surface area contributed by atoms with Crippen molar-refractivity contribution in [3.8, 4) is 0 Å². The van der Waals surface area contributed by atoms with Crippen LogP contribution in [0.25, 0.3) is 11.2 Å². The average Bonchev–Trinajstić information content (AvgIpc) is 3.09. The van der Waals surface area contributed by atoms with Crippen LogP contribution in [0.2, 0.25) is 0 Å². The lowest BCUT2D eigenvalue weighted by Gasteiger charge is -2.16. The van der Waals surface area contributed by atoms with E-state index in [1.165, 1.54) is 17.2 Å². The Morgan fingerprint density at radius 1 is 1.35 bits per heavy atom. The minimum atomic E-state index is -1.19. The third-order valence-electron chi connectivity index (χ3n) is 3.69. The molecule has 0 unspecified atom stereocenters. The number of rotatable bonds is 6. The lowest BCUT2D eigenvalue weighted by molar-refractivity contribution is -0.0697. The van der Waals surface area contributed by atoms with E-state index in [1.54, 1.807) is 7.11 Å². The molecule has 126 valence electrons. The van der Waals surface area contributed by atoms with Gasteiger partial charge >= 0.3 is 0 Å². The van der Waals surface area contributed by atoms with Crippen LogP contribution in [-0.4, -0.2) is 75.0 Å². The number of nitrogens with zero attached hydrogens (tertiary/aromatic N) is 3. The number of aromatic amines is 1. The highest BCUT2D eigenvalue weighted by Crippen LogP contribution is 2.30. The van der Waals surface area contributed by atoms with Gasteiger partial charge in [-0.1, -0.05) is 0 Å². The monoisotopic (exact) mass is 326 g/mol. The van der Waals surface area contributed by atoms with Crippen LogP contribution < -0.4 is 5.56 Å². The molecule has 0 spiro atoms. The van der Waals surface area contributed by atoms with Gasteiger partial charge in [0.25, 0.3) is 5.56 Å². The van der Waals surface area contributed by atoms with Gasteiger partial charge in [0, 0.05) is 7.11 Å². The average molecular weight is 326 g/mol. The van der Waals surface area contributed by atoms with Gasteiger partial charge < -0.3 is 29.4 Å². The Hall–Kier alpha value is -1.85. The predicted octanol–water partition coefficient (Wildman–Crippen LogP) is -1.60. The molecule has 2 aromatic heterocycles. The van der Waals surface area contributed by atoms with Gasteiger partial charge in [-0.25, -0.2) is 9.97 Å². The Bertz CT molecular complexity index is 716. The zero-order valence-electron chi connectivity index (χ0n) is 12.5. The largest absolute Gasteiger partial charge is 0.387 e. The molecule has 10 heteroatoms. The number of aliphatic hydroxyl groups is 2. The summed E-state index contributed by atoms with van der Waals surface area (Å²) in [5.74, 6) is 0. The van der Waals surface area contributed by atoms with Crippen molar-refractivity contribution in [3.05, 3.63) is 23.0 Å². The van der Waals surface area contributed by atoms with Crippen molar-refractivity contribution in [2.45, 2.75) is 24.5 Å². The smallest absolute Gasteiger partial charge is 0.278 e. The molecule has 2 aromatic rings. The van der Waals surface area contributed by atoms with E-state index in [1.807, 2.05) is 0 Å². The number of H-pyrrole nitrogens is 1. The highest BCUT2D eigenvalue weighted by Gasteiger charge is 2.44. The zero-order valence-corrected chi connectivity index (χ0v) is 12.5. The van der Waals surface area contributed by atoms with E-state index in [0.717, 1.165) is 0 Å². The summed E-state index contributed by atoms with van der Waals surface area (Å²) in [5, 5.41) is 20.3. The first-order valence-corrected chi connectivity index (χ1v) is 7.12. The van der Waals surface area contributed by atoms with Crippen LogP contribution >= 0.6 is 0 Å². The van der Waals surface area contributed by atoms with E-state index in [-0.39, 0.29) is 23.3 Å².